The average Bonchev–Trinajstić information content (AvgIpc) is 2.81. The van der Waals surface area contributed by atoms with Crippen LogP contribution in [-0.4, -0.2) is 32.1 Å². The first-order valence-corrected chi connectivity index (χ1v) is 5.75. The molecule has 2 aromatic heterocycles. The van der Waals surface area contributed by atoms with Gasteiger partial charge in [-0.1, -0.05) is 5.16 Å². The summed E-state index contributed by atoms with van der Waals surface area (Å²) in [5, 5.41) is 15.1. The summed E-state index contributed by atoms with van der Waals surface area (Å²) in [5.74, 6) is -0.750. The molecule has 1 amide bonds. The van der Waals surface area contributed by atoms with Crippen molar-refractivity contribution >= 4 is 11.9 Å². The molecule has 0 unspecified atom stereocenters. The summed E-state index contributed by atoms with van der Waals surface area (Å²) in [6.45, 7) is 3.29. The van der Waals surface area contributed by atoms with Gasteiger partial charge in [0.2, 0.25) is 5.89 Å². The highest BCUT2D eigenvalue weighted by Gasteiger charge is 2.13. The van der Waals surface area contributed by atoms with Gasteiger partial charge in [-0.05, 0) is 19.1 Å². The molecule has 2 rings (SSSR count). The van der Waals surface area contributed by atoms with Gasteiger partial charge >= 0.3 is 5.97 Å². The third-order valence-corrected chi connectivity index (χ3v) is 2.53. The van der Waals surface area contributed by atoms with Gasteiger partial charge in [0.15, 0.2) is 5.82 Å². The van der Waals surface area contributed by atoms with E-state index >= 15 is 0 Å². The summed E-state index contributed by atoms with van der Waals surface area (Å²) in [6, 6.07) is 2.70. The lowest BCUT2D eigenvalue weighted by Gasteiger charge is -2.04. The fourth-order valence-electron chi connectivity index (χ4n) is 1.58. The maximum absolute atomic E-state index is 11.9. The third kappa shape index (κ3) is 2.97. The smallest absolute Gasteiger partial charge is 0.337 e. The van der Waals surface area contributed by atoms with Crippen molar-refractivity contribution in [3.8, 4) is 0 Å². The van der Waals surface area contributed by atoms with Gasteiger partial charge in [0.05, 0.1) is 17.8 Å². The maximum atomic E-state index is 11.9. The van der Waals surface area contributed by atoms with E-state index in [1.54, 1.807) is 6.92 Å². The minimum Gasteiger partial charge on any atom is -0.478 e. The molecule has 0 spiro atoms. The zero-order chi connectivity index (χ0) is 14.7. The number of carbonyl (C=O) groups is 2. The molecule has 2 N–H and O–H groups in total. The van der Waals surface area contributed by atoms with Gasteiger partial charge in [0.1, 0.15) is 5.69 Å². The van der Waals surface area contributed by atoms with Crippen molar-refractivity contribution in [2.75, 3.05) is 0 Å². The molecule has 0 saturated carbocycles. The zero-order valence-electron chi connectivity index (χ0n) is 10.9. The Balaban J connectivity index is 2.06. The standard InChI is InChI=1S/C12H12N4O4/c1-6-8(12(18)19)3-4-9(14-6)11(17)13-5-10-15-7(2)20-16-10/h3-4H,5H2,1-2H3,(H,13,17)(H,18,19). The Kier molecular flexibility index (Phi) is 3.74. The van der Waals surface area contributed by atoms with Crippen LogP contribution in [0, 0.1) is 13.8 Å². The van der Waals surface area contributed by atoms with E-state index in [0.717, 1.165) is 0 Å². The number of rotatable bonds is 4. The minimum atomic E-state index is -1.08. The third-order valence-electron chi connectivity index (χ3n) is 2.53. The first kappa shape index (κ1) is 13.7. The molecule has 0 fully saturated rings. The fraction of sp³-hybridized carbons (Fsp3) is 0.250. The number of carbonyl (C=O) groups excluding carboxylic acids is 1. The topological polar surface area (TPSA) is 118 Å². The van der Waals surface area contributed by atoms with Gasteiger partial charge in [0.25, 0.3) is 5.91 Å². The van der Waals surface area contributed by atoms with Crippen molar-refractivity contribution in [2.24, 2.45) is 0 Å². The molecular formula is C12H12N4O4. The zero-order valence-corrected chi connectivity index (χ0v) is 10.9. The van der Waals surface area contributed by atoms with Crippen LogP contribution < -0.4 is 5.32 Å². The van der Waals surface area contributed by atoms with Crippen LogP contribution in [0.2, 0.25) is 0 Å². The largest absolute Gasteiger partial charge is 0.478 e. The van der Waals surface area contributed by atoms with Crippen LogP contribution in [0.1, 0.15) is 38.3 Å². The van der Waals surface area contributed by atoms with Crippen LogP contribution in [0.5, 0.6) is 0 Å². The normalized spacial score (nSPS) is 10.3. The number of aryl methyl sites for hydroxylation is 2. The number of amides is 1. The van der Waals surface area contributed by atoms with E-state index in [1.165, 1.54) is 19.1 Å². The summed E-state index contributed by atoms with van der Waals surface area (Å²) < 4.78 is 4.77. The summed E-state index contributed by atoms with van der Waals surface area (Å²) >= 11 is 0. The van der Waals surface area contributed by atoms with E-state index in [9.17, 15) is 9.59 Å². The Labute approximate surface area is 113 Å². The molecule has 0 aliphatic carbocycles. The number of carboxylic acids is 1. The molecule has 8 heteroatoms. The van der Waals surface area contributed by atoms with Crippen molar-refractivity contribution in [1.29, 1.82) is 0 Å². The minimum absolute atomic E-state index is 0.0651. The molecule has 2 heterocycles. The van der Waals surface area contributed by atoms with Crippen LogP contribution >= 0.6 is 0 Å². The Hall–Kier alpha value is -2.77. The molecule has 0 saturated heterocycles. The van der Waals surface area contributed by atoms with Gasteiger partial charge < -0.3 is 14.9 Å². The van der Waals surface area contributed by atoms with Gasteiger partial charge in [-0.3, -0.25) is 4.79 Å². The average molecular weight is 276 g/mol. The molecule has 20 heavy (non-hydrogen) atoms. The number of carboxylic acid groups (broad SMARTS) is 1. The van der Waals surface area contributed by atoms with E-state index in [0.29, 0.717) is 11.7 Å². The number of hydrogen-bond acceptors (Lipinski definition) is 6. The highest BCUT2D eigenvalue weighted by molar-refractivity contribution is 5.94. The Bertz CT molecular complexity index is 665. The molecule has 0 atom stereocenters. The molecule has 2 aromatic rings. The number of aromatic carboxylic acids is 1. The maximum Gasteiger partial charge on any atom is 0.337 e. The Morgan fingerprint density at radius 3 is 2.60 bits per heavy atom. The monoisotopic (exact) mass is 276 g/mol. The molecule has 104 valence electrons. The quantitative estimate of drug-likeness (QED) is 0.844. The molecule has 0 radical (unpaired) electrons. The van der Waals surface area contributed by atoms with Gasteiger partial charge in [-0.25, -0.2) is 9.78 Å². The van der Waals surface area contributed by atoms with Crippen LogP contribution in [0.15, 0.2) is 16.7 Å². The van der Waals surface area contributed by atoms with Crippen molar-refractivity contribution in [2.45, 2.75) is 20.4 Å². The van der Waals surface area contributed by atoms with Gasteiger partial charge in [0, 0.05) is 6.92 Å². The second-order valence-electron chi connectivity index (χ2n) is 4.05. The number of nitrogens with zero attached hydrogens (tertiary/aromatic N) is 3. The summed E-state index contributed by atoms with van der Waals surface area (Å²) in [5.41, 5.74) is 0.476. The van der Waals surface area contributed by atoms with Gasteiger partial charge in [-0.2, -0.15) is 4.98 Å². The molecular weight excluding hydrogens is 264 g/mol. The number of aromatic nitrogens is 3. The number of nitrogens with one attached hydrogen (secondary N) is 1. The van der Waals surface area contributed by atoms with Crippen molar-refractivity contribution < 1.29 is 19.2 Å². The van der Waals surface area contributed by atoms with E-state index in [-0.39, 0.29) is 23.5 Å². The second kappa shape index (κ2) is 5.47. The highest BCUT2D eigenvalue weighted by atomic mass is 16.5. The fourth-order valence-corrected chi connectivity index (χ4v) is 1.58. The summed E-state index contributed by atoms with van der Waals surface area (Å²) in [6.07, 6.45) is 0. The summed E-state index contributed by atoms with van der Waals surface area (Å²) in [4.78, 5) is 30.6. The van der Waals surface area contributed by atoms with Crippen molar-refractivity contribution in [1.82, 2.24) is 20.4 Å². The Morgan fingerprint density at radius 1 is 1.30 bits per heavy atom. The number of pyridine rings is 1. The predicted molar refractivity (Wildman–Crippen MR) is 66.1 cm³/mol. The lowest BCUT2D eigenvalue weighted by molar-refractivity contribution is 0.0694. The van der Waals surface area contributed by atoms with Crippen molar-refractivity contribution in [3.63, 3.8) is 0 Å². The van der Waals surface area contributed by atoms with E-state index in [1.807, 2.05) is 0 Å². The number of hydrogen-bond donors (Lipinski definition) is 2. The van der Waals surface area contributed by atoms with E-state index in [4.69, 9.17) is 9.63 Å². The summed E-state index contributed by atoms with van der Waals surface area (Å²) in [7, 11) is 0. The molecule has 0 aromatic carbocycles. The Morgan fingerprint density at radius 2 is 2.05 bits per heavy atom. The molecule has 0 bridgehead atoms. The van der Waals surface area contributed by atoms with E-state index < -0.39 is 11.9 Å². The molecule has 0 aliphatic heterocycles. The first-order chi connectivity index (χ1) is 9.47. The van der Waals surface area contributed by atoms with Crippen molar-refractivity contribution in [3.05, 3.63) is 40.8 Å². The first-order valence-electron chi connectivity index (χ1n) is 5.75. The molecule has 8 nitrogen and oxygen atoms in total. The second-order valence-corrected chi connectivity index (χ2v) is 4.05. The lowest BCUT2D eigenvalue weighted by Crippen LogP contribution is -2.25. The van der Waals surface area contributed by atoms with Crippen LogP contribution in [-0.2, 0) is 6.54 Å². The lowest BCUT2D eigenvalue weighted by atomic mass is 10.2. The van der Waals surface area contributed by atoms with E-state index in [2.05, 4.69) is 20.4 Å². The van der Waals surface area contributed by atoms with Crippen LogP contribution in [0.3, 0.4) is 0 Å². The molecule has 0 aliphatic rings. The van der Waals surface area contributed by atoms with Crippen LogP contribution in [0.4, 0.5) is 0 Å². The van der Waals surface area contributed by atoms with Crippen LogP contribution in [0.25, 0.3) is 0 Å². The predicted octanol–water partition coefficient (Wildman–Crippen LogP) is 0.710. The SMILES string of the molecule is Cc1nc(CNC(=O)c2ccc(C(=O)O)c(C)n2)no1. The highest BCUT2D eigenvalue weighted by Crippen LogP contribution is 2.07. The van der Waals surface area contributed by atoms with Gasteiger partial charge in [-0.15, -0.1) is 0 Å².